The topological polar surface area (TPSA) is 15.3 Å². The number of nitrogens with zero attached hydrogens (tertiary/aromatic N) is 1. The van der Waals surface area contributed by atoms with Gasteiger partial charge in [0.25, 0.3) is 0 Å². The van der Waals surface area contributed by atoms with Crippen molar-refractivity contribution in [2.45, 2.75) is 19.8 Å². The Kier molecular flexibility index (Phi) is 3.59. The Morgan fingerprint density at radius 2 is 1.90 bits per heavy atom. The van der Waals surface area contributed by atoms with Gasteiger partial charge in [-0.05, 0) is 49.6 Å². The van der Waals surface area contributed by atoms with Crippen LogP contribution in [0.3, 0.4) is 0 Å². The minimum atomic E-state index is -0.171. The van der Waals surface area contributed by atoms with Gasteiger partial charge < -0.3 is 10.2 Å². The monoisotopic (exact) mass is 270 g/mol. The number of rotatable bonds is 3. The van der Waals surface area contributed by atoms with E-state index in [0.717, 1.165) is 31.6 Å². The van der Waals surface area contributed by atoms with Crippen molar-refractivity contribution in [1.82, 2.24) is 0 Å². The van der Waals surface area contributed by atoms with Crippen molar-refractivity contribution < 1.29 is 4.39 Å². The molecule has 0 aliphatic carbocycles. The van der Waals surface area contributed by atoms with Crippen LogP contribution in [0, 0.1) is 5.82 Å². The molecule has 0 saturated heterocycles. The second-order valence-electron chi connectivity index (χ2n) is 5.03. The molecule has 0 amide bonds. The number of hydrogen-bond donors (Lipinski definition) is 1. The Bertz CT molecular complexity index is 610. The first kappa shape index (κ1) is 13.0. The van der Waals surface area contributed by atoms with E-state index in [1.54, 1.807) is 6.07 Å². The van der Waals surface area contributed by atoms with Crippen molar-refractivity contribution in [1.29, 1.82) is 0 Å². The minimum absolute atomic E-state index is 0.171. The zero-order chi connectivity index (χ0) is 13.9. The van der Waals surface area contributed by atoms with E-state index in [1.807, 2.05) is 18.2 Å². The quantitative estimate of drug-likeness (QED) is 0.892. The molecule has 0 radical (unpaired) electrons. The van der Waals surface area contributed by atoms with Gasteiger partial charge in [-0.3, -0.25) is 0 Å². The van der Waals surface area contributed by atoms with Gasteiger partial charge in [-0.15, -0.1) is 0 Å². The van der Waals surface area contributed by atoms with Gasteiger partial charge in [0.05, 0.1) is 5.69 Å². The van der Waals surface area contributed by atoms with Crippen LogP contribution in [-0.2, 0) is 6.42 Å². The Morgan fingerprint density at radius 1 is 1.10 bits per heavy atom. The van der Waals surface area contributed by atoms with Crippen molar-refractivity contribution in [2.75, 3.05) is 23.3 Å². The lowest BCUT2D eigenvalue weighted by atomic mass is 10.00. The summed E-state index contributed by atoms with van der Waals surface area (Å²) in [5, 5.41) is 3.43. The highest BCUT2D eigenvalue weighted by Crippen LogP contribution is 2.36. The predicted molar refractivity (Wildman–Crippen MR) is 82.3 cm³/mol. The SMILES string of the molecule is CCN(c1ccccc1F)c1cccc2c1CCCN2. The van der Waals surface area contributed by atoms with Gasteiger partial charge in [-0.2, -0.15) is 0 Å². The first-order valence-corrected chi connectivity index (χ1v) is 7.19. The molecular weight excluding hydrogens is 251 g/mol. The summed E-state index contributed by atoms with van der Waals surface area (Å²) in [6, 6.07) is 13.2. The molecule has 2 aromatic rings. The Balaban J connectivity index is 2.09. The number of nitrogens with one attached hydrogen (secondary N) is 1. The van der Waals surface area contributed by atoms with Crippen LogP contribution in [0.1, 0.15) is 18.9 Å². The van der Waals surface area contributed by atoms with E-state index in [9.17, 15) is 4.39 Å². The highest BCUT2D eigenvalue weighted by atomic mass is 19.1. The van der Waals surface area contributed by atoms with E-state index in [0.29, 0.717) is 5.69 Å². The van der Waals surface area contributed by atoms with E-state index < -0.39 is 0 Å². The highest BCUT2D eigenvalue weighted by molar-refractivity contribution is 5.73. The van der Waals surface area contributed by atoms with Crippen molar-refractivity contribution in [3.8, 4) is 0 Å². The lowest BCUT2D eigenvalue weighted by Crippen LogP contribution is -2.21. The van der Waals surface area contributed by atoms with Crippen LogP contribution < -0.4 is 10.2 Å². The van der Waals surface area contributed by atoms with E-state index in [-0.39, 0.29) is 5.82 Å². The van der Waals surface area contributed by atoms with E-state index in [1.165, 1.54) is 17.3 Å². The van der Waals surface area contributed by atoms with Crippen LogP contribution in [0.15, 0.2) is 42.5 Å². The molecule has 1 aliphatic heterocycles. The molecule has 1 heterocycles. The molecule has 2 aromatic carbocycles. The highest BCUT2D eigenvalue weighted by Gasteiger charge is 2.18. The zero-order valence-corrected chi connectivity index (χ0v) is 11.7. The molecule has 1 N–H and O–H groups in total. The summed E-state index contributed by atoms with van der Waals surface area (Å²) in [4.78, 5) is 2.06. The maximum atomic E-state index is 14.1. The molecule has 0 atom stereocenters. The van der Waals surface area contributed by atoms with E-state index in [2.05, 4.69) is 29.3 Å². The van der Waals surface area contributed by atoms with Crippen LogP contribution in [0.4, 0.5) is 21.5 Å². The normalized spacial score (nSPS) is 13.5. The lowest BCUT2D eigenvalue weighted by Gasteiger charge is -2.29. The van der Waals surface area contributed by atoms with Crippen LogP contribution in [0.25, 0.3) is 0 Å². The molecule has 3 heteroatoms. The second kappa shape index (κ2) is 5.53. The Labute approximate surface area is 119 Å². The van der Waals surface area contributed by atoms with Crippen molar-refractivity contribution in [3.63, 3.8) is 0 Å². The summed E-state index contributed by atoms with van der Waals surface area (Å²) >= 11 is 0. The number of halogens is 1. The molecule has 0 unspecified atom stereocenters. The molecule has 3 rings (SSSR count). The Morgan fingerprint density at radius 3 is 2.70 bits per heavy atom. The van der Waals surface area contributed by atoms with Gasteiger partial charge in [-0.1, -0.05) is 18.2 Å². The fraction of sp³-hybridized carbons (Fsp3) is 0.294. The number of fused-ring (bicyclic) bond motifs is 1. The second-order valence-corrected chi connectivity index (χ2v) is 5.03. The van der Waals surface area contributed by atoms with Crippen molar-refractivity contribution in [2.24, 2.45) is 0 Å². The van der Waals surface area contributed by atoms with Crippen molar-refractivity contribution >= 4 is 17.1 Å². The third kappa shape index (κ3) is 2.24. The van der Waals surface area contributed by atoms with Gasteiger partial charge in [0.1, 0.15) is 5.82 Å². The van der Waals surface area contributed by atoms with Crippen molar-refractivity contribution in [3.05, 3.63) is 53.8 Å². The summed E-state index contributed by atoms with van der Waals surface area (Å²) in [6.45, 7) is 3.82. The molecular formula is C17H19FN2. The molecule has 104 valence electrons. The molecule has 0 saturated carbocycles. The minimum Gasteiger partial charge on any atom is -0.385 e. The molecule has 0 spiro atoms. The first-order chi connectivity index (χ1) is 9.81. The molecule has 1 aliphatic rings. The largest absolute Gasteiger partial charge is 0.385 e. The number of anilines is 3. The standard InChI is InChI=1S/C17H19FN2/c1-2-20(17-10-4-3-8-14(17)18)16-11-5-9-15-13(16)7-6-12-19-15/h3-5,8-11,19H,2,6-7,12H2,1H3. The average molecular weight is 270 g/mol. The molecule has 20 heavy (non-hydrogen) atoms. The van der Waals surface area contributed by atoms with E-state index in [4.69, 9.17) is 0 Å². The van der Waals surface area contributed by atoms with Gasteiger partial charge in [0.2, 0.25) is 0 Å². The van der Waals surface area contributed by atoms with Crippen LogP contribution in [0.2, 0.25) is 0 Å². The molecule has 2 nitrogen and oxygen atoms in total. The van der Waals surface area contributed by atoms with Gasteiger partial charge in [0, 0.05) is 24.5 Å². The summed E-state index contributed by atoms with van der Waals surface area (Å²) < 4.78 is 14.1. The zero-order valence-electron chi connectivity index (χ0n) is 11.7. The van der Waals surface area contributed by atoms with Gasteiger partial charge in [-0.25, -0.2) is 4.39 Å². The fourth-order valence-electron chi connectivity index (χ4n) is 2.89. The first-order valence-electron chi connectivity index (χ1n) is 7.19. The summed E-state index contributed by atoms with van der Waals surface area (Å²) in [7, 11) is 0. The number of para-hydroxylation sites is 1. The van der Waals surface area contributed by atoms with Crippen LogP contribution in [0.5, 0.6) is 0 Å². The predicted octanol–water partition coefficient (Wildman–Crippen LogP) is 4.34. The third-order valence-electron chi connectivity index (χ3n) is 3.82. The maximum Gasteiger partial charge on any atom is 0.146 e. The van der Waals surface area contributed by atoms with E-state index >= 15 is 0 Å². The van der Waals surface area contributed by atoms with Gasteiger partial charge in [0.15, 0.2) is 0 Å². The van der Waals surface area contributed by atoms with Crippen LogP contribution in [-0.4, -0.2) is 13.1 Å². The summed E-state index contributed by atoms with van der Waals surface area (Å²) in [6.07, 6.45) is 2.17. The van der Waals surface area contributed by atoms with Gasteiger partial charge >= 0.3 is 0 Å². The van der Waals surface area contributed by atoms with Crippen LogP contribution >= 0.6 is 0 Å². The molecule has 0 aromatic heterocycles. The average Bonchev–Trinajstić information content (AvgIpc) is 2.50. The Hall–Kier alpha value is -2.03. The fourth-order valence-corrected chi connectivity index (χ4v) is 2.89. The summed E-state index contributed by atoms with van der Waals surface area (Å²) in [5.41, 5.74) is 4.24. The third-order valence-corrected chi connectivity index (χ3v) is 3.82. The smallest absolute Gasteiger partial charge is 0.146 e. The molecule has 0 fully saturated rings. The summed E-state index contributed by atoms with van der Waals surface area (Å²) in [5.74, 6) is -0.171. The maximum absolute atomic E-state index is 14.1. The number of benzene rings is 2. The lowest BCUT2D eigenvalue weighted by molar-refractivity contribution is 0.625. The number of hydrogen-bond acceptors (Lipinski definition) is 2. The molecule has 0 bridgehead atoms.